The van der Waals surface area contributed by atoms with E-state index >= 15 is 4.39 Å². The first-order valence-electron chi connectivity index (χ1n) is 13.2. The molecular formula is C29H39Cl2F2N3O2S. The summed E-state index contributed by atoms with van der Waals surface area (Å²) in [7, 11) is 0. The summed E-state index contributed by atoms with van der Waals surface area (Å²) in [6, 6.07) is 7.54. The number of aromatic nitrogens is 3. The van der Waals surface area contributed by atoms with Gasteiger partial charge < -0.3 is 5.11 Å². The van der Waals surface area contributed by atoms with Crippen LogP contribution in [0.1, 0.15) is 67.9 Å². The van der Waals surface area contributed by atoms with Crippen molar-refractivity contribution in [3.63, 3.8) is 0 Å². The number of aliphatic carboxylic acids is 1. The van der Waals surface area contributed by atoms with Gasteiger partial charge in [0.05, 0.1) is 33.7 Å². The van der Waals surface area contributed by atoms with Crippen molar-refractivity contribution in [1.29, 1.82) is 0 Å². The van der Waals surface area contributed by atoms with Crippen LogP contribution in [0.15, 0.2) is 52.5 Å². The lowest BCUT2D eigenvalue weighted by Gasteiger charge is -2.07. The van der Waals surface area contributed by atoms with E-state index in [1.165, 1.54) is 22.8 Å². The van der Waals surface area contributed by atoms with Gasteiger partial charge in [-0.05, 0) is 25.1 Å². The molecule has 5 nitrogen and oxygen atoms in total. The minimum absolute atomic E-state index is 0.0517. The fourth-order valence-electron chi connectivity index (χ4n) is 3.28. The summed E-state index contributed by atoms with van der Waals surface area (Å²) in [6.45, 7) is 18.5. The average Bonchev–Trinajstić information content (AvgIpc) is 3.55. The number of carboxylic acid groups (broad SMARTS) is 1. The van der Waals surface area contributed by atoms with Crippen LogP contribution in [0.25, 0.3) is 16.6 Å². The van der Waals surface area contributed by atoms with E-state index in [1.54, 1.807) is 29.2 Å². The molecule has 1 N–H and O–H groups in total. The summed E-state index contributed by atoms with van der Waals surface area (Å²) in [4.78, 5) is 11.6. The molecule has 216 valence electrons. The molecule has 0 radical (unpaired) electrons. The van der Waals surface area contributed by atoms with Crippen molar-refractivity contribution in [2.75, 3.05) is 0 Å². The monoisotopic (exact) mass is 601 g/mol. The summed E-state index contributed by atoms with van der Waals surface area (Å²) >= 11 is 13.7. The highest BCUT2D eigenvalue weighted by Crippen LogP contribution is 2.45. The van der Waals surface area contributed by atoms with Gasteiger partial charge in [0.2, 0.25) is 0 Å². The largest absolute Gasteiger partial charge is 0.481 e. The third-order valence-corrected chi connectivity index (χ3v) is 6.63. The molecule has 0 aliphatic rings. The van der Waals surface area contributed by atoms with Gasteiger partial charge >= 0.3 is 5.97 Å². The van der Waals surface area contributed by atoms with Gasteiger partial charge in [-0.1, -0.05) is 102 Å². The maximum Gasteiger partial charge on any atom is 0.307 e. The van der Waals surface area contributed by atoms with Crippen molar-refractivity contribution in [2.24, 2.45) is 0 Å². The van der Waals surface area contributed by atoms with Gasteiger partial charge in [-0.15, -0.1) is 0 Å². The van der Waals surface area contributed by atoms with E-state index in [1.807, 2.05) is 62.3 Å². The Bertz CT molecular complexity index is 1320. The molecule has 0 saturated heterocycles. The molecule has 0 bridgehead atoms. The van der Waals surface area contributed by atoms with Crippen LogP contribution in [0.4, 0.5) is 8.78 Å². The number of carbonyl (C=O) groups is 1. The van der Waals surface area contributed by atoms with Gasteiger partial charge in [-0.2, -0.15) is 5.10 Å². The first-order valence-corrected chi connectivity index (χ1v) is 14.8. The Morgan fingerprint density at radius 2 is 1.59 bits per heavy atom. The second-order valence-corrected chi connectivity index (χ2v) is 8.49. The summed E-state index contributed by atoms with van der Waals surface area (Å²) in [5.41, 5.74) is 0.735. The van der Waals surface area contributed by atoms with Crippen LogP contribution < -0.4 is 0 Å². The van der Waals surface area contributed by atoms with E-state index in [4.69, 9.17) is 28.3 Å². The Morgan fingerprint density at radius 1 is 0.974 bits per heavy atom. The molecule has 0 aliphatic carbocycles. The second kappa shape index (κ2) is 18.7. The Kier molecular flexibility index (Phi) is 17.5. The Balaban J connectivity index is 0.00000166. The van der Waals surface area contributed by atoms with Gasteiger partial charge in [-0.3, -0.25) is 14.0 Å². The fourth-order valence-corrected chi connectivity index (χ4v) is 4.87. The number of aryl methyl sites for hydroxylation is 1. The van der Waals surface area contributed by atoms with Crippen LogP contribution in [0.5, 0.6) is 0 Å². The number of benzene rings is 2. The van der Waals surface area contributed by atoms with E-state index < -0.39 is 24.0 Å². The first-order chi connectivity index (χ1) is 18.8. The number of hydrogen-bond donors (Lipinski definition) is 1. The van der Waals surface area contributed by atoms with E-state index in [9.17, 15) is 9.18 Å². The standard InChI is InChI=1S/C21H15Cl2F2N3O2S.4C2H6/c1-2-27-10-12(9-26-27)28-19-13(6-7-14(22)18(19)25)20(21(28)23)31-15-5-3-4-11(17(15)24)8-16(29)30;4*1-2/h3-7,9-10H,2,8H2,1H3,(H,29,30);4*1-2H3. The van der Waals surface area contributed by atoms with E-state index in [-0.39, 0.29) is 26.2 Å². The van der Waals surface area contributed by atoms with Crippen molar-refractivity contribution in [1.82, 2.24) is 14.3 Å². The second-order valence-electron chi connectivity index (χ2n) is 6.67. The summed E-state index contributed by atoms with van der Waals surface area (Å²) in [6.07, 6.45) is 2.82. The van der Waals surface area contributed by atoms with Crippen molar-refractivity contribution in [3.8, 4) is 5.69 Å². The molecule has 0 atom stereocenters. The SMILES string of the molecule is CC.CC.CC.CC.CCn1cc(-n2c(Cl)c(Sc3cccc(CC(=O)O)c3F)c3ccc(Cl)c(F)c32)cn1. The lowest BCUT2D eigenvalue weighted by molar-refractivity contribution is -0.136. The Labute approximate surface area is 245 Å². The topological polar surface area (TPSA) is 60.0 Å². The quantitative estimate of drug-likeness (QED) is 0.239. The normalized spacial score (nSPS) is 9.67. The van der Waals surface area contributed by atoms with Gasteiger partial charge in [0.15, 0.2) is 5.82 Å². The van der Waals surface area contributed by atoms with Crippen molar-refractivity contribution < 1.29 is 18.7 Å². The average molecular weight is 603 g/mol. The number of hydrogen-bond acceptors (Lipinski definition) is 3. The van der Waals surface area contributed by atoms with Crippen LogP contribution >= 0.6 is 35.0 Å². The molecule has 0 unspecified atom stereocenters. The van der Waals surface area contributed by atoms with Crippen LogP contribution in [0.2, 0.25) is 10.2 Å². The highest BCUT2D eigenvalue weighted by Gasteiger charge is 2.24. The molecule has 2 aromatic heterocycles. The van der Waals surface area contributed by atoms with Crippen LogP contribution in [-0.2, 0) is 17.8 Å². The molecule has 39 heavy (non-hydrogen) atoms. The molecule has 0 amide bonds. The minimum Gasteiger partial charge on any atom is -0.481 e. The van der Waals surface area contributed by atoms with Crippen LogP contribution in [-0.4, -0.2) is 25.4 Å². The zero-order chi connectivity index (χ0) is 30.3. The molecule has 2 heterocycles. The lowest BCUT2D eigenvalue weighted by Crippen LogP contribution is -2.03. The molecule has 4 rings (SSSR count). The van der Waals surface area contributed by atoms with Gasteiger partial charge in [0, 0.05) is 28.6 Å². The van der Waals surface area contributed by atoms with Crippen molar-refractivity contribution in [3.05, 3.63) is 70.1 Å². The van der Waals surface area contributed by atoms with Gasteiger partial charge in [0.25, 0.3) is 0 Å². The van der Waals surface area contributed by atoms with Gasteiger partial charge in [-0.25, -0.2) is 8.78 Å². The Morgan fingerprint density at radius 3 is 2.13 bits per heavy atom. The maximum absolute atomic E-state index is 15.1. The lowest BCUT2D eigenvalue weighted by atomic mass is 10.1. The summed E-state index contributed by atoms with van der Waals surface area (Å²) < 4.78 is 33.1. The molecule has 0 saturated carbocycles. The third kappa shape index (κ3) is 8.72. The maximum atomic E-state index is 15.1. The first kappa shape index (κ1) is 36.5. The zero-order valence-electron chi connectivity index (χ0n) is 24.1. The highest BCUT2D eigenvalue weighted by molar-refractivity contribution is 7.99. The van der Waals surface area contributed by atoms with E-state index in [0.717, 1.165) is 11.8 Å². The fraction of sp³-hybridized carbons (Fsp3) is 0.379. The molecule has 0 aliphatic heterocycles. The van der Waals surface area contributed by atoms with Crippen molar-refractivity contribution in [2.45, 2.75) is 85.1 Å². The van der Waals surface area contributed by atoms with E-state index in [2.05, 4.69) is 5.10 Å². The summed E-state index contributed by atoms with van der Waals surface area (Å²) in [5, 5.41) is 13.8. The zero-order valence-corrected chi connectivity index (χ0v) is 26.4. The molecule has 0 fully saturated rings. The molecule has 0 spiro atoms. The Hall–Kier alpha value is -2.55. The van der Waals surface area contributed by atoms with Crippen LogP contribution in [0, 0.1) is 11.6 Å². The van der Waals surface area contributed by atoms with Crippen LogP contribution in [0.3, 0.4) is 0 Å². The predicted octanol–water partition coefficient (Wildman–Crippen LogP) is 10.3. The number of fused-ring (bicyclic) bond motifs is 1. The highest BCUT2D eigenvalue weighted by atomic mass is 35.5. The number of halogens is 4. The number of carboxylic acids is 1. The number of rotatable bonds is 6. The molecular weight excluding hydrogens is 563 g/mol. The smallest absolute Gasteiger partial charge is 0.307 e. The van der Waals surface area contributed by atoms with Gasteiger partial charge in [0.1, 0.15) is 11.0 Å². The molecule has 10 heteroatoms. The van der Waals surface area contributed by atoms with E-state index in [0.29, 0.717) is 22.5 Å². The predicted molar refractivity (Wildman–Crippen MR) is 162 cm³/mol. The minimum atomic E-state index is -1.14. The number of nitrogens with zero attached hydrogens (tertiary/aromatic N) is 3. The third-order valence-electron chi connectivity index (χ3n) is 4.72. The molecule has 4 aromatic rings. The summed E-state index contributed by atoms with van der Waals surface area (Å²) in [5.74, 6) is -2.45. The molecule has 2 aromatic carbocycles. The van der Waals surface area contributed by atoms with Crippen molar-refractivity contribution >= 4 is 51.8 Å².